The number of unbranched alkanes of at least 4 members (excludes halogenated alkanes) is 5. The van der Waals surface area contributed by atoms with E-state index < -0.39 is 0 Å². The van der Waals surface area contributed by atoms with Crippen molar-refractivity contribution in [2.45, 2.75) is 65.4 Å². The lowest BCUT2D eigenvalue weighted by molar-refractivity contribution is 0.172. The van der Waals surface area contributed by atoms with Crippen molar-refractivity contribution in [3.8, 4) is 0 Å². The minimum Gasteiger partial charge on any atom is -0.389 e. The molecule has 0 aromatic heterocycles. The van der Waals surface area contributed by atoms with E-state index in [-0.39, 0.29) is 6.10 Å². The molecule has 0 saturated carbocycles. The van der Waals surface area contributed by atoms with E-state index in [1.165, 1.54) is 32.1 Å². The van der Waals surface area contributed by atoms with Crippen LogP contribution in [0.25, 0.3) is 0 Å². The van der Waals surface area contributed by atoms with Gasteiger partial charge in [0.05, 0.1) is 6.10 Å². The molecule has 0 aliphatic rings. The van der Waals surface area contributed by atoms with E-state index in [2.05, 4.69) is 13.0 Å². The monoisotopic (exact) mass is 198 g/mol. The number of aliphatic hydroxyl groups excluding tert-OH is 1. The summed E-state index contributed by atoms with van der Waals surface area (Å²) in [5.74, 6) is 0.339. The minimum absolute atomic E-state index is 0.259. The molecule has 1 heteroatoms. The summed E-state index contributed by atoms with van der Waals surface area (Å²) >= 11 is 0. The van der Waals surface area contributed by atoms with Gasteiger partial charge in [0.1, 0.15) is 0 Å². The standard InChI is InChI=1S/C13H26O/c1-4-5-6-7-8-9-10-11-13(14)12(2)3/h10-14H,4-9H2,1-3H3. The average Bonchev–Trinajstić information content (AvgIpc) is 2.16. The third-order valence-electron chi connectivity index (χ3n) is 2.49. The Balaban J connectivity index is 3.26. The third-order valence-corrected chi connectivity index (χ3v) is 2.49. The summed E-state index contributed by atoms with van der Waals surface area (Å²) in [6.45, 7) is 6.31. The van der Waals surface area contributed by atoms with Gasteiger partial charge < -0.3 is 5.11 Å². The summed E-state index contributed by atoms with van der Waals surface area (Å²) in [4.78, 5) is 0. The Morgan fingerprint density at radius 1 is 1.07 bits per heavy atom. The van der Waals surface area contributed by atoms with Gasteiger partial charge >= 0.3 is 0 Å². The molecule has 1 N–H and O–H groups in total. The summed E-state index contributed by atoms with van der Waals surface area (Å²) in [5, 5.41) is 9.48. The molecule has 0 rings (SSSR count). The van der Waals surface area contributed by atoms with Crippen LogP contribution in [0.15, 0.2) is 12.2 Å². The molecular formula is C13H26O. The Morgan fingerprint density at radius 3 is 2.29 bits per heavy atom. The first kappa shape index (κ1) is 13.7. The summed E-state index contributed by atoms with van der Waals surface area (Å²) < 4.78 is 0. The number of aliphatic hydroxyl groups is 1. The maximum Gasteiger partial charge on any atom is 0.0743 e. The van der Waals surface area contributed by atoms with Crippen molar-refractivity contribution in [3.05, 3.63) is 12.2 Å². The van der Waals surface area contributed by atoms with E-state index in [1.54, 1.807) is 0 Å². The maximum atomic E-state index is 9.48. The fraction of sp³-hybridized carbons (Fsp3) is 0.846. The lowest BCUT2D eigenvalue weighted by atomic mass is 10.1. The van der Waals surface area contributed by atoms with E-state index >= 15 is 0 Å². The molecule has 84 valence electrons. The molecule has 0 aromatic carbocycles. The molecule has 0 heterocycles. The van der Waals surface area contributed by atoms with Gasteiger partial charge in [-0.25, -0.2) is 0 Å². The molecule has 0 aliphatic heterocycles. The highest BCUT2D eigenvalue weighted by Gasteiger charge is 2.02. The number of rotatable bonds is 8. The van der Waals surface area contributed by atoms with Gasteiger partial charge in [-0.1, -0.05) is 58.6 Å². The topological polar surface area (TPSA) is 20.2 Å². The van der Waals surface area contributed by atoms with Crippen LogP contribution in [0.5, 0.6) is 0 Å². The lowest BCUT2D eigenvalue weighted by Crippen LogP contribution is -2.10. The highest BCUT2D eigenvalue weighted by atomic mass is 16.3. The van der Waals surface area contributed by atoms with Crippen LogP contribution in [-0.2, 0) is 0 Å². The predicted molar refractivity (Wildman–Crippen MR) is 63.4 cm³/mol. The smallest absolute Gasteiger partial charge is 0.0743 e. The SMILES string of the molecule is CCCCCCCC=CC(O)C(C)C. The van der Waals surface area contributed by atoms with Crippen LogP contribution in [0, 0.1) is 5.92 Å². The number of hydrogen-bond donors (Lipinski definition) is 1. The van der Waals surface area contributed by atoms with Crippen LogP contribution in [-0.4, -0.2) is 11.2 Å². The van der Waals surface area contributed by atoms with E-state index in [0.717, 1.165) is 6.42 Å². The van der Waals surface area contributed by atoms with Crippen LogP contribution in [0.1, 0.15) is 59.3 Å². The minimum atomic E-state index is -0.259. The summed E-state index contributed by atoms with van der Waals surface area (Å²) in [6, 6.07) is 0. The second-order valence-corrected chi connectivity index (χ2v) is 4.37. The largest absolute Gasteiger partial charge is 0.389 e. The van der Waals surface area contributed by atoms with E-state index in [9.17, 15) is 5.11 Å². The van der Waals surface area contributed by atoms with Gasteiger partial charge in [0.15, 0.2) is 0 Å². The van der Waals surface area contributed by atoms with Crippen LogP contribution >= 0.6 is 0 Å². The highest BCUT2D eigenvalue weighted by molar-refractivity contribution is 4.89. The third kappa shape index (κ3) is 8.31. The molecule has 0 aromatic rings. The molecule has 0 radical (unpaired) electrons. The molecule has 0 amide bonds. The van der Waals surface area contributed by atoms with E-state index in [0.29, 0.717) is 5.92 Å². The molecule has 1 atom stereocenters. The van der Waals surface area contributed by atoms with Crippen molar-refractivity contribution >= 4 is 0 Å². The van der Waals surface area contributed by atoms with Crippen molar-refractivity contribution in [3.63, 3.8) is 0 Å². The normalized spacial score (nSPS) is 14.1. The highest BCUT2D eigenvalue weighted by Crippen LogP contribution is 2.07. The summed E-state index contributed by atoms with van der Waals surface area (Å²) in [5.41, 5.74) is 0. The van der Waals surface area contributed by atoms with Gasteiger partial charge in [0.25, 0.3) is 0 Å². The Morgan fingerprint density at radius 2 is 1.71 bits per heavy atom. The molecule has 0 fully saturated rings. The zero-order chi connectivity index (χ0) is 10.8. The Hall–Kier alpha value is -0.300. The van der Waals surface area contributed by atoms with Crippen LogP contribution in [0.2, 0.25) is 0 Å². The first-order valence-corrected chi connectivity index (χ1v) is 6.03. The van der Waals surface area contributed by atoms with Crippen molar-refractivity contribution in [2.24, 2.45) is 5.92 Å². The van der Waals surface area contributed by atoms with E-state index in [4.69, 9.17) is 0 Å². The van der Waals surface area contributed by atoms with Gasteiger partial charge in [-0.2, -0.15) is 0 Å². The van der Waals surface area contributed by atoms with Gasteiger partial charge in [0.2, 0.25) is 0 Å². The molecule has 0 spiro atoms. The van der Waals surface area contributed by atoms with Crippen molar-refractivity contribution in [2.75, 3.05) is 0 Å². The quantitative estimate of drug-likeness (QED) is 0.463. The molecule has 0 bridgehead atoms. The fourth-order valence-corrected chi connectivity index (χ4v) is 1.32. The Kier molecular flexibility index (Phi) is 9.06. The van der Waals surface area contributed by atoms with Crippen molar-refractivity contribution in [1.29, 1.82) is 0 Å². The Bertz CT molecular complexity index is 138. The zero-order valence-corrected chi connectivity index (χ0v) is 10.00. The average molecular weight is 198 g/mol. The molecule has 14 heavy (non-hydrogen) atoms. The van der Waals surface area contributed by atoms with Crippen LogP contribution < -0.4 is 0 Å². The predicted octanol–water partition coefficient (Wildman–Crippen LogP) is 3.92. The van der Waals surface area contributed by atoms with Crippen LogP contribution in [0.3, 0.4) is 0 Å². The maximum absolute atomic E-state index is 9.48. The molecule has 1 nitrogen and oxygen atoms in total. The number of hydrogen-bond acceptors (Lipinski definition) is 1. The molecule has 1 unspecified atom stereocenters. The fourth-order valence-electron chi connectivity index (χ4n) is 1.32. The first-order chi connectivity index (χ1) is 6.68. The van der Waals surface area contributed by atoms with Gasteiger partial charge in [-0.15, -0.1) is 0 Å². The lowest BCUT2D eigenvalue weighted by Gasteiger charge is -2.08. The Labute approximate surface area is 89.2 Å². The summed E-state index contributed by atoms with van der Waals surface area (Å²) in [6.07, 6.45) is 11.5. The van der Waals surface area contributed by atoms with Gasteiger partial charge in [0, 0.05) is 0 Å². The molecular weight excluding hydrogens is 172 g/mol. The van der Waals surface area contributed by atoms with Crippen molar-refractivity contribution in [1.82, 2.24) is 0 Å². The van der Waals surface area contributed by atoms with Crippen molar-refractivity contribution < 1.29 is 5.11 Å². The van der Waals surface area contributed by atoms with Gasteiger partial charge in [-0.3, -0.25) is 0 Å². The molecule has 0 saturated heterocycles. The second kappa shape index (κ2) is 9.26. The molecule has 0 aliphatic carbocycles. The van der Waals surface area contributed by atoms with E-state index in [1.807, 2.05) is 19.9 Å². The number of allylic oxidation sites excluding steroid dienone is 1. The summed E-state index contributed by atoms with van der Waals surface area (Å²) in [7, 11) is 0. The van der Waals surface area contributed by atoms with Crippen LogP contribution in [0.4, 0.5) is 0 Å². The first-order valence-electron chi connectivity index (χ1n) is 6.03. The van der Waals surface area contributed by atoms with Gasteiger partial charge in [-0.05, 0) is 18.8 Å². The second-order valence-electron chi connectivity index (χ2n) is 4.37. The zero-order valence-electron chi connectivity index (χ0n) is 10.00.